The van der Waals surface area contributed by atoms with E-state index in [0.29, 0.717) is 23.1 Å². The topological polar surface area (TPSA) is 54.2 Å². The molecule has 0 bridgehead atoms. The molecule has 1 aliphatic rings. The van der Waals surface area contributed by atoms with Crippen molar-refractivity contribution in [2.45, 2.75) is 13.3 Å². The van der Waals surface area contributed by atoms with E-state index in [1.165, 1.54) is 23.3 Å². The van der Waals surface area contributed by atoms with Crippen molar-refractivity contribution in [1.29, 1.82) is 0 Å². The van der Waals surface area contributed by atoms with E-state index >= 15 is 0 Å². The molecule has 3 heterocycles. The Bertz CT molecular complexity index is 1330. The van der Waals surface area contributed by atoms with Crippen molar-refractivity contribution in [3.63, 3.8) is 0 Å². The number of thiophene rings is 1. The molecule has 2 aromatic heterocycles. The molecule has 1 atom stereocenters. The molecular formula is C25H22FN5S. The Morgan fingerprint density at radius 3 is 2.78 bits per heavy atom. The lowest BCUT2D eigenvalue weighted by Crippen LogP contribution is -2.18. The first-order chi connectivity index (χ1) is 15.6. The molecule has 2 aromatic carbocycles. The summed E-state index contributed by atoms with van der Waals surface area (Å²) in [5.41, 5.74) is 5.57. The first-order valence-corrected chi connectivity index (χ1v) is 11.5. The summed E-state index contributed by atoms with van der Waals surface area (Å²) < 4.78 is 14.5. The molecule has 0 aliphatic carbocycles. The lowest BCUT2D eigenvalue weighted by Gasteiger charge is -2.14. The van der Waals surface area contributed by atoms with Crippen LogP contribution >= 0.6 is 11.3 Å². The summed E-state index contributed by atoms with van der Waals surface area (Å²) in [4.78, 5) is 12.8. The Balaban J connectivity index is 1.63. The van der Waals surface area contributed by atoms with Gasteiger partial charge in [-0.25, -0.2) is 19.2 Å². The number of anilines is 1. The zero-order valence-electron chi connectivity index (χ0n) is 17.7. The van der Waals surface area contributed by atoms with Crippen LogP contribution in [-0.4, -0.2) is 29.6 Å². The highest BCUT2D eigenvalue weighted by atomic mass is 32.1. The molecule has 4 aromatic rings. The first-order valence-electron chi connectivity index (χ1n) is 10.6. The lowest BCUT2D eigenvalue weighted by atomic mass is 10.00. The summed E-state index contributed by atoms with van der Waals surface area (Å²) >= 11 is 1.67. The normalized spacial score (nSPS) is 15.7. The number of nitrogens with one attached hydrogen (secondary N) is 2. The number of fused-ring (bicyclic) bond motifs is 1. The predicted octanol–water partition coefficient (Wildman–Crippen LogP) is 6.05. The van der Waals surface area contributed by atoms with E-state index in [-0.39, 0.29) is 5.69 Å². The Morgan fingerprint density at radius 1 is 1.19 bits per heavy atom. The molecule has 1 aliphatic heterocycles. The van der Waals surface area contributed by atoms with Crippen molar-refractivity contribution in [2.75, 3.05) is 25.0 Å². The van der Waals surface area contributed by atoms with Crippen LogP contribution in [0.15, 0.2) is 47.2 Å². The highest BCUT2D eigenvalue weighted by Gasteiger charge is 2.17. The van der Waals surface area contributed by atoms with Crippen molar-refractivity contribution >= 4 is 33.9 Å². The van der Waals surface area contributed by atoms with E-state index in [1.807, 2.05) is 6.07 Å². The van der Waals surface area contributed by atoms with E-state index < -0.39 is 5.82 Å². The van der Waals surface area contributed by atoms with Gasteiger partial charge in [-0.3, -0.25) is 0 Å². The summed E-state index contributed by atoms with van der Waals surface area (Å²) in [5.74, 6) is 0.534. The summed E-state index contributed by atoms with van der Waals surface area (Å²) in [5, 5.41) is 11.9. The SMILES string of the molecule is [C-]#[N+]c1ccc(-c2nc(NC[C@H]3CCNC3)nc3ccc(-c4cscc4C)cc23)cc1F. The van der Waals surface area contributed by atoms with Gasteiger partial charge in [0.2, 0.25) is 11.6 Å². The number of rotatable bonds is 5. The second-order valence-electron chi connectivity index (χ2n) is 8.11. The van der Waals surface area contributed by atoms with Gasteiger partial charge in [0.15, 0.2) is 0 Å². The van der Waals surface area contributed by atoms with Crippen LogP contribution in [0.5, 0.6) is 0 Å². The molecular weight excluding hydrogens is 421 g/mol. The fraction of sp³-hybridized carbons (Fsp3) is 0.240. The van der Waals surface area contributed by atoms with Gasteiger partial charge in [0.05, 0.1) is 17.8 Å². The number of hydrogen-bond acceptors (Lipinski definition) is 5. The Morgan fingerprint density at radius 2 is 2.06 bits per heavy atom. The molecule has 0 spiro atoms. The predicted molar refractivity (Wildman–Crippen MR) is 129 cm³/mol. The highest BCUT2D eigenvalue weighted by molar-refractivity contribution is 7.08. The zero-order valence-corrected chi connectivity index (χ0v) is 18.5. The second-order valence-corrected chi connectivity index (χ2v) is 8.86. The molecule has 5 nitrogen and oxygen atoms in total. The largest absolute Gasteiger partial charge is 0.354 e. The molecule has 0 amide bonds. The molecule has 1 saturated heterocycles. The van der Waals surface area contributed by atoms with Gasteiger partial charge in [-0.15, -0.1) is 0 Å². The fourth-order valence-corrected chi connectivity index (χ4v) is 4.98. The molecule has 0 radical (unpaired) electrons. The Hall–Kier alpha value is -3.34. The number of halogens is 1. The highest BCUT2D eigenvalue weighted by Crippen LogP contribution is 2.34. The van der Waals surface area contributed by atoms with Gasteiger partial charge in [0, 0.05) is 17.5 Å². The number of hydrogen-bond donors (Lipinski definition) is 2. The van der Waals surface area contributed by atoms with Crippen LogP contribution in [0.25, 0.3) is 38.1 Å². The van der Waals surface area contributed by atoms with Crippen molar-refractivity contribution in [1.82, 2.24) is 15.3 Å². The van der Waals surface area contributed by atoms with Gasteiger partial charge >= 0.3 is 0 Å². The smallest absolute Gasteiger partial charge is 0.223 e. The number of nitrogens with zero attached hydrogens (tertiary/aromatic N) is 3. The van der Waals surface area contributed by atoms with E-state index in [9.17, 15) is 4.39 Å². The van der Waals surface area contributed by atoms with Crippen LogP contribution in [0.2, 0.25) is 0 Å². The minimum atomic E-state index is -0.541. The van der Waals surface area contributed by atoms with E-state index in [2.05, 4.69) is 45.3 Å². The Kier molecular flexibility index (Phi) is 5.56. The van der Waals surface area contributed by atoms with Crippen LogP contribution in [-0.2, 0) is 0 Å². The third-order valence-corrected chi connectivity index (χ3v) is 6.78. The van der Waals surface area contributed by atoms with E-state index in [4.69, 9.17) is 16.5 Å². The van der Waals surface area contributed by atoms with Crippen LogP contribution < -0.4 is 10.6 Å². The first kappa shape index (κ1) is 20.6. The molecule has 5 rings (SSSR count). The van der Waals surface area contributed by atoms with Gasteiger partial charge in [-0.1, -0.05) is 18.2 Å². The van der Waals surface area contributed by atoms with Crippen molar-refractivity contribution < 1.29 is 4.39 Å². The number of aryl methyl sites for hydroxylation is 1. The molecule has 2 N–H and O–H groups in total. The van der Waals surface area contributed by atoms with E-state index in [0.717, 1.165) is 42.5 Å². The summed E-state index contributed by atoms with van der Waals surface area (Å²) in [6.45, 7) is 12.0. The number of benzene rings is 2. The van der Waals surface area contributed by atoms with Crippen LogP contribution in [0.3, 0.4) is 0 Å². The molecule has 0 unspecified atom stereocenters. The van der Waals surface area contributed by atoms with Crippen molar-refractivity contribution in [3.8, 4) is 22.4 Å². The molecule has 1 fully saturated rings. The van der Waals surface area contributed by atoms with Crippen LogP contribution in [0.1, 0.15) is 12.0 Å². The third kappa shape index (κ3) is 3.95. The van der Waals surface area contributed by atoms with Gasteiger partial charge < -0.3 is 10.6 Å². The average Bonchev–Trinajstić information content (AvgIpc) is 3.48. The quantitative estimate of drug-likeness (QED) is 0.369. The molecule has 160 valence electrons. The summed E-state index contributed by atoms with van der Waals surface area (Å²) in [7, 11) is 0. The van der Waals surface area contributed by atoms with Crippen LogP contribution in [0.4, 0.5) is 16.0 Å². The monoisotopic (exact) mass is 443 g/mol. The fourth-order valence-electron chi connectivity index (χ4n) is 4.12. The Labute approximate surface area is 190 Å². The van der Waals surface area contributed by atoms with Crippen molar-refractivity contribution in [3.05, 3.63) is 70.0 Å². The second kappa shape index (κ2) is 8.65. The van der Waals surface area contributed by atoms with Gasteiger partial charge in [0.1, 0.15) is 5.82 Å². The minimum absolute atomic E-state index is 0.00813. The number of aromatic nitrogens is 2. The van der Waals surface area contributed by atoms with Gasteiger partial charge in [0.25, 0.3) is 0 Å². The standard InChI is InChI=1S/C25H22FN5S/c1-15-13-32-14-20(15)17-3-5-22-19(9-17)24(18-4-6-23(27-2)21(26)10-18)31-25(30-22)29-12-16-7-8-28-11-16/h3-6,9-10,13-14,16,28H,7-8,11-12H2,1H3,(H,29,30,31)/t16-/m0/s1. The summed E-state index contributed by atoms with van der Waals surface area (Å²) in [6, 6.07) is 10.8. The molecule has 7 heteroatoms. The van der Waals surface area contributed by atoms with Gasteiger partial charge in [-0.2, -0.15) is 11.3 Å². The maximum atomic E-state index is 14.5. The minimum Gasteiger partial charge on any atom is -0.354 e. The van der Waals surface area contributed by atoms with Gasteiger partial charge in [-0.05, 0) is 78.0 Å². The molecule has 32 heavy (non-hydrogen) atoms. The average molecular weight is 444 g/mol. The maximum absolute atomic E-state index is 14.5. The van der Waals surface area contributed by atoms with Crippen LogP contribution in [0, 0.1) is 25.2 Å². The van der Waals surface area contributed by atoms with E-state index in [1.54, 1.807) is 17.4 Å². The lowest BCUT2D eigenvalue weighted by molar-refractivity contribution is 0.613. The maximum Gasteiger partial charge on any atom is 0.223 e. The van der Waals surface area contributed by atoms with Crippen molar-refractivity contribution in [2.24, 2.45) is 5.92 Å². The summed E-state index contributed by atoms with van der Waals surface area (Å²) in [6.07, 6.45) is 1.13. The zero-order chi connectivity index (χ0) is 22.1. The third-order valence-electron chi connectivity index (χ3n) is 5.92. The molecule has 0 saturated carbocycles.